The molecule has 1 saturated heterocycles. The van der Waals surface area contributed by atoms with E-state index in [1.165, 1.54) is 41.1 Å². The number of thiazole rings is 1. The third kappa shape index (κ3) is 6.58. The molecule has 1 aromatic carbocycles. The first-order valence-electron chi connectivity index (χ1n) is 12.1. The zero-order chi connectivity index (χ0) is 24.1. The third-order valence-corrected chi connectivity index (χ3v) is 8.59. The summed E-state index contributed by atoms with van der Waals surface area (Å²) in [6.07, 6.45) is 5.55. The number of methoxy groups -OCH3 is 1. The van der Waals surface area contributed by atoms with Crippen molar-refractivity contribution in [3.05, 3.63) is 50.4 Å². The zero-order valence-electron chi connectivity index (χ0n) is 20.3. The van der Waals surface area contributed by atoms with Gasteiger partial charge in [-0.15, -0.1) is 11.3 Å². The van der Waals surface area contributed by atoms with Gasteiger partial charge in [-0.25, -0.2) is 9.78 Å². The largest absolute Gasteiger partial charge is 0.467 e. The number of esters is 1. The standard InChI is InChI=1S/C26H35ClN2O4S/c1-17-18(2)34-26(28-17)20-6-10-22(11-7-20)29-13-24(15-32-16-25(30)31-3)33-14-23(29)12-19-4-8-21(27)9-5-19/h4-5,8-9,20,22-24H,6-7,10-16H2,1-3H3/t20?,22?,23-,24+/m0/s1. The van der Waals surface area contributed by atoms with E-state index in [0.29, 0.717) is 31.2 Å². The van der Waals surface area contributed by atoms with Crippen molar-refractivity contribution in [2.24, 2.45) is 0 Å². The molecule has 0 unspecified atom stereocenters. The molecule has 2 aromatic rings. The molecule has 1 aliphatic carbocycles. The van der Waals surface area contributed by atoms with Crippen LogP contribution in [0.1, 0.15) is 52.7 Å². The zero-order valence-corrected chi connectivity index (χ0v) is 21.9. The topological polar surface area (TPSA) is 60.9 Å². The summed E-state index contributed by atoms with van der Waals surface area (Å²) < 4.78 is 16.4. The fourth-order valence-corrected chi connectivity index (χ4v) is 6.27. The smallest absolute Gasteiger partial charge is 0.331 e. The molecule has 34 heavy (non-hydrogen) atoms. The highest BCUT2D eigenvalue weighted by atomic mass is 35.5. The monoisotopic (exact) mass is 506 g/mol. The highest BCUT2D eigenvalue weighted by Crippen LogP contribution is 2.38. The molecular formula is C26H35ClN2O4S. The van der Waals surface area contributed by atoms with Crippen molar-refractivity contribution >= 4 is 28.9 Å². The first-order valence-corrected chi connectivity index (χ1v) is 13.3. The molecule has 1 aromatic heterocycles. The van der Waals surface area contributed by atoms with E-state index in [1.807, 2.05) is 23.5 Å². The van der Waals surface area contributed by atoms with Gasteiger partial charge in [0.1, 0.15) is 6.61 Å². The summed E-state index contributed by atoms with van der Waals surface area (Å²) in [4.78, 5) is 20.2. The lowest BCUT2D eigenvalue weighted by atomic mass is 9.84. The van der Waals surface area contributed by atoms with Crippen molar-refractivity contribution in [2.75, 3.05) is 33.5 Å². The van der Waals surface area contributed by atoms with Gasteiger partial charge in [0, 0.05) is 34.4 Å². The lowest BCUT2D eigenvalue weighted by Crippen LogP contribution is -2.56. The normalized spacial score (nSPS) is 25.9. The molecule has 2 atom stereocenters. The number of hydrogen-bond acceptors (Lipinski definition) is 7. The van der Waals surface area contributed by atoms with E-state index in [-0.39, 0.29) is 18.7 Å². The van der Waals surface area contributed by atoms with Crippen LogP contribution in [0.4, 0.5) is 0 Å². The Morgan fingerprint density at radius 1 is 1.21 bits per heavy atom. The summed E-state index contributed by atoms with van der Waals surface area (Å²) in [6, 6.07) is 8.95. The van der Waals surface area contributed by atoms with Crippen molar-refractivity contribution in [3.63, 3.8) is 0 Å². The summed E-state index contributed by atoms with van der Waals surface area (Å²) in [7, 11) is 1.37. The molecule has 1 aliphatic heterocycles. The minimum absolute atomic E-state index is 0.0394. The van der Waals surface area contributed by atoms with Gasteiger partial charge in [-0.3, -0.25) is 4.90 Å². The third-order valence-electron chi connectivity index (χ3n) is 7.10. The van der Waals surface area contributed by atoms with Gasteiger partial charge in [0.2, 0.25) is 0 Å². The number of carbonyl (C=O) groups is 1. The highest BCUT2D eigenvalue weighted by Gasteiger charge is 2.36. The first-order chi connectivity index (χ1) is 16.4. The molecule has 2 fully saturated rings. The quantitative estimate of drug-likeness (QED) is 0.472. The maximum atomic E-state index is 11.4. The van der Waals surface area contributed by atoms with Crippen LogP contribution in [0.15, 0.2) is 24.3 Å². The Kier molecular flexibility index (Phi) is 8.99. The van der Waals surface area contributed by atoms with Crippen molar-refractivity contribution in [1.29, 1.82) is 0 Å². The number of rotatable bonds is 8. The predicted molar refractivity (Wildman–Crippen MR) is 135 cm³/mol. The van der Waals surface area contributed by atoms with Crippen LogP contribution in [0.3, 0.4) is 0 Å². The maximum Gasteiger partial charge on any atom is 0.331 e. The van der Waals surface area contributed by atoms with E-state index >= 15 is 0 Å². The Morgan fingerprint density at radius 2 is 1.94 bits per heavy atom. The van der Waals surface area contributed by atoms with Gasteiger partial charge in [-0.2, -0.15) is 0 Å². The van der Waals surface area contributed by atoms with Gasteiger partial charge in [0.25, 0.3) is 0 Å². The lowest BCUT2D eigenvalue weighted by molar-refractivity contribution is -0.150. The molecule has 0 N–H and O–H groups in total. The van der Waals surface area contributed by atoms with Gasteiger partial charge in [0.15, 0.2) is 0 Å². The minimum Gasteiger partial charge on any atom is -0.467 e. The number of benzene rings is 1. The van der Waals surface area contributed by atoms with E-state index < -0.39 is 0 Å². The molecule has 0 spiro atoms. The van der Waals surface area contributed by atoms with Crippen molar-refractivity contribution in [1.82, 2.24) is 9.88 Å². The second kappa shape index (κ2) is 12.0. The minimum atomic E-state index is -0.362. The van der Waals surface area contributed by atoms with Crippen LogP contribution in [0.25, 0.3) is 0 Å². The van der Waals surface area contributed by atoms with Gasteiger partial charge < -0.3 is 14.2 Å². The van der Waals surface area contributed by atoms with Crippen LogP contribution in [0, 0.1) is 13.8 Å². The van der Waals surface area contributed by atoms with Crippen LogP contribution in [-0.4, -0.2) is 67.5 Å². The lowest BCUT2D eigenvalue weighted by Gasteiger charge is -2.46. The van der Waals surface area contributed by atoms with Crippen LogP contribution < -0.4 is 0 Å². The first kappa shape index (κ1) is 25.6. The fourth-order valence-electron chi connectivity index (χ4n) is 5.06. The Labute approximate surface area is 211 Å². The number of aromatic nitrogens is 1. The number of ether oxygens (including phenoxy) is 3. The molecule has 2 aliphatic rings. The molecule has 8 heteroatoms. The molecule has 0 bridgehead atoms. The average Bonchev–Trinajstić information content (AvgIpc) is 3.19. The van der Waals surface area contributed by atoms with E-state index in [0.717, 1.165) is 30.8 Å². The molecule has 2 heterocycles. The molecule has 6 nitrogen and oxygen atoms in total. The molecular weight excluding hydrogens is 472 g/mol. The van der Waals surface area contributed by atoms with Crippen LogP contribution in [-0.2, 0) is 25.4 Å². The highest BCUT2D eigenvalue weighted by molar-refractivity contribution is 7.11. The van der Waals surface area contributed by atoms with E-state index in [4.69, 9.17) is 26.1 Å². The number of morpholine rings is 1. The Balaban J connectivity index is 1.40. The summed E-state index contributed by atoms with van der Waals surface area (Å²) in [6.45, 7) is 6.09. The molecule has 0 radical (unpaired) electrons. The van der Waals surface area contributed by atoms with Crippen molar-refractivity contribution in [3.8, 4) is 0 Å². The van der Waals surface area contributed by atoms with E-state index in [1.54, 1.807) is 0 Å². The number of hydrogen-bond donors (Lipinski definition) is 0. The molecule has 1 saturated carbocycles. The second-order valence-corrected chi connectivity index (χ2v) is 11.1. The van der Waals surface area contributed by atoms with Crippen molar-refractivity contribution in [2.45, 2.75) is 70.1 Å². The second-order valence-electron chi connectivity index (χ2n) is 9.43. The summed E-state index contributed by atoms with van der Waals surface area (Å²) in [5.74, 6) is 0.211. The van der Waals surface area contributed by atoms with Gasteiger partial charge in [0.05, 0.1) is 37.1 Å². The number of halogens is 1. The van der Waals surface area contributed by atoms with Crippen LogP contribution >= 0.6 is 22.9 Å². The van der Waals surface area contributed by atoms with E-state index in [2.05, 4.69) is 35.6 Å². The summed E-state index contributed by atoms with van der Waals surface area (Å²) >= 11 is 7.96. The Morgan fingerprint density at radius 3 is 2.59 bits per heavy atom. The summed E-state index contributed by atoms with van der Waals surface area (Å²) in [5, 5.41) is 2.07. The molecule has 0 amide bonds. The van der Waals surface area contributed by atoms with Gasteiger partial charge in [-0.05, 0) is 63.6 Å². The number of carbonyl (C=O) groups excluding carboxylic acids is 1. The summed E-state index contributed by atoms with van der Waals surface area (Å²) in [5.41, 5.74) is 2.44. The molecule has 4 rings (SSSR count). The van der Waals surface area contributed by atoms with Crippen molar-refractivity contribution < 1.29 is 19.0 Å². The molecule has 186 valence electrons. The van der Waals surface area contributed by atoms with Crippen LogP contribution in [0.5, 0.6) is 0 Å². The van der Waals surface area contributed by atoms with Crippen LogP contribution in [0.2, 0.25) is 5.02 Å². The van der Waals surface area contributed by atoms with Gasteiger partial charge in [-0.1, -0.05) is 23.7 Å². The Bertz CT molecular complexity index is 923. The number of aryl methyl sites for hydroxylation is 2. The maximum absolute atomic E-state index is 11.4. The fraction of sp³-hybridized carbons (Fsp3) is 0.615. The van der Waals surface area contributed by atoms with Gasteiger partial charge >= 0.3 is 5.97 Å². The number of nitrogens with zero attached hydrogens (tertiary/aromatic N) is 2. The Hall–Kier alpha value is -1.51. The van der Waals surface area contributed by atoms with E-state index in [9.17, 15) is 4.79 Å². The SMILES string of the molecule is COC(=O)COC[C@H]1CN(C2CCC(c3nc(C)c(C)s3)CC2)[C@@H](Cc2ccc(Cl)cc2)CO1. The predicted octanol–water partition coefficient (Wildman–Crippen LogP) is 4.94. The average molecular weight is 507 g/mol.